The molecule has 0 aromatic carbocycles. The molecule has 0 aromatic rings. The Balaban J connectivity index is 6.55. The summed E-state index contributed by atoms with van der Waals surface area (Å²) in [6.45, 7) is 23.0. The van der Waals surface area contributed by atoms with Crippen LogP contribution in [0.25, 0.3) is 0 Å². The molecule has 7 nitrogen and oxygen atoms in total. The van der Waals surface area contributed by atoms with E-state index >= 15 is 0 Å². The molecule has 0 radical (unpaired) electrons. The Kier molecular flexibility index (Phi) is 17.7. The van der Waals surface area contributed by atoms with Gasteiger partial charge in [-0.25, -0.2) is 0 Å². The van der Waals surface area contributed by atoms with Gasteiger partial charge in [-0.1, -0.05) is 27.2 Å². The molecular formula is C22H51NO6Si2. The van der Waals surface area contributed by atoms with Gasteiger partial charge < -0.3 is 26.6 Å². The number of hydrogen-bond donors (Lipinski definition) is 0. The summed E-state index contributed by atoms with van der Waals surface area (Å²) in [6.07, 6.45) is 3.89. The topological polar surface area (TPSA) is 58.6 Å². The number of hydrogen-bond acceptors (Lipinski definition) is 7. The third-order valence-corrected chi connectivity index (χ3v) is 12.5. The largest absolute Gasteiger partial charge is 0.519 e. The van der Waals surface area contributed by atoms with E-state index in [9.17, 15) is 0 Å². The van der Waals surface area contributed by atoms with E-state index in [0.717, 1.165) is 32.2 Å². The van der Waals surface area contributed by atoms with E-state index in [0.29, 0.717) is 39.6 Å². The maximum absolute atomic E-state index is 6.36. The Hall–Kier alpha value is 0.154. The van der Waals surface area contributed by atoms with Crippen molar-refractivity contribution in [1.29, 1.82) is 0 Å². The fraction of sp³-hybridized carbons (Fsp3) is 1.00. The van der Waals surface area contributed by atoms with Crippen LogP contribution >= 0.6 is 0 Å². The highest BCUT2D eigenvalue weighted by Gasteiger charge is 2.58. The van der Waals surface area contributed by atoms with Gasteiger partial charge in [-0.05, 0) is 67.3 Å². The van der Waals surface area contributed by atoms with E-state index in [4.69, 9.17) is 26.6 Å². The molecule has 0 heterocycles. The minimum atomic E-state index is -2.98. The molecule has 0 aliphatic rings. The van der Waals surface area contributed by atoms with Crippen molar-refractivity contribution < 1.29 is 26.6 Å². The van der Waals surface area contributed by atoms with Gasteiger partial charge in [-0.3, -0.25) is 4.90 Å². The third kappa shape index (κ3) is 8.79. The summed E-state index contributed by atoms with van der Waals surface area (Å²) in [4.78, 5) is 2.50. The molecule has 0 N–H and O–H groups in total. The first-order valence-corrected chi connectivity index (χ1v) is 16.2. The first-order chi connectivity index (χ1) is 15.0. The van der Waals surface area contributed by atoms with Crippen molar-refractivity contribution in [3.63, 3.8) is 0 Å². The average molecular weight is 482 g/mol. The van der Waals surface area contributed by atoms with E-state index in [1.54, 1.807) is 0 Å². The lowest BCUT2D eigenvalue weighted by Gasteiger charge is -2.47. The van der Waals surface area contributed by atoms with Gasteiger partial charge in [0.05, 0.1) is 11.3 Å². The van der Waals surface area contributed by atoms with Gasteiger partial charge in [-0.2, -0.15) is 0 Å². The Morgan fingerprint density at radius 3 is 1.00 bits per heavy atom. The molecule has 0 aromatic heterocycles. The first-order valence-electron chi connectivity index (χ1n) is 12.5. The molecule has 2 unspecified atom stereocenters. The Bertz CT molecular complexity index is 365. The highest BCUT2D eigenvalue weighted by molar-refractivity contribution is 6.64. The van der Waals surface area contributed by atoms with E-state index < -0.39 is 17.6 Å². The zero-order valence-electron chi connectivity index (χ0n) is 21.8. The number of rotatable bonds is 21. The standard InChI is InChI=1S/C22H51NO6Si2/c1-10-19-20-23(21(11-2)30(24-13-4,25-14-5)26-15-6)22(12-3)31(27-16-7,28-17-8)29-18-9/h21-22H,10-20H2,1-9H3. The second-order valence-corrected chi connectivity index (χ2v) is 12.7. The third-order valence-electron chi connectivity index (χ3n) is 5.23. The van der Waals surface area contributed by atoms with Gasteiger partial charge in [-0.15, -0.1) is 0 Å². The predicted molar refractivity (Wildman–Crippen MR) is 131 cm³/mol. The number of nitrogens with zero attached hydrogens (tertiary/aromatic N) is 1. The smallest absolute Gasteiger partial charge is 0.373 e. The van der Waals surface area contributed by atoms with E-state index in [2.05, 4.69) is 25.7 Å². The zero-order valence-corrected chi connectivity index (χ0v) is 23.8. The van der Waals surface area contributed by atoms with E-state index in [1.165, 1.54) is 0 Å². The molecule has 0 saturated heterocycles. The average Bonchev–Trinajstić information content (AvgIpc) is 2.73. The van der Waals surface area contributed by atoms with Gasteiger partial charge in [0.2, 0.25) is 0 Å². The van der Waals surface area contributed by atoms with Gasteiger partial charge in [0.1, 0.15) is 0 Å². The zero-order chi connectivity index (χ0) is 23.8. The van der Waals surface area contributed by atoms with Crippen LogP contribution in [0, 0.1) is 0 Å². The molecule has 0 spiro atoms. The van der Waals surface area contributed by atoms with Crippen molar-refractivity contribution in [2.45, 2.75) is 99.3 Å². The quantitative estimate of drug-likeness (QED) is 0.218. The fourth-order valence-corrected chi connectivity index (χ4v) is 10.9. The van der Waals surface area contributed by atoms with Gasteiger partial charge in [0.25, 0.3) is 0 Å². The second kappa shape index (κ2) is 17.6. The lowest BCUT2D eigenvalue weighted by molar-refractivity contribution is 0.00164. The van der Waals surface area contributed by atoms with Crippen molar-refractivity contribution in [2.24, 2.45) is 0 Å². The van der Waals surface area contributed by atoms with E-state index in [1.807, 2.05) is 41.5 Å². The lowest BCUT2D eigenvalue weighted by atomic mass is 10.2. The normalized spacial score (nSPS) is 14.9. The predicted octanol–water partition coefficient (Wildman–Crippen LogP) is 4.82. The molecule has 9 heteroatoms. The van der Waals surface area contributed by atoms with Crippen molar-refractivity contribution in [1.82, 2.24) is 4.90 Å². The monoisotopic (exact) mass is 481 g/mol. The van der Waals surface area contributed by atoms with Gasteiger partial charge in [0, 0.05) is 39.6 Å². The molecule has 188 valence electrons. The van der Waals surface area contributed by atoms with Crippen LogP contribution < -0.4 is 0 Å². The summed E-state index contributed by atoms with van der Waals surface area (Å²) in [7, 11) is -5.97. The summed E-state index contributed by atoms with van der Waals surface area (Å²) in [5.74, 6) is 0. The molecule has 0 saturated carbocycles. The molecule has 0 fully saturated rings. The second-order valence-electron chi connectivity index (χ2n) is 7.24. The molecule has 0 rings (SSSR count). The molecular weight excluding hydrogens is 430 g/mol. The Morgan fingerprint density at radius 2 is 0.806 bits per heavy atom. The molecule has 0 aliphatic heterocycles. The molecule has 2 atom stereocenters. The molecule has 31 heavy (non-hydrogen) atoms. The summed E-state index contributed by atoms with van der Waals surface area (Å²) in [6, 6.07) is 0. The van der Waals surface area contributed by atoms with E-state index in [-0.39, 0.29) is 11.3 Å². The summed E-state index contributed by atoms with van der Waals surface area (Å²) < 4.78 is 38.1. The molecule has 0 aliphatic carbocycles. The van der Waals surface area contributed by atoms with Crippen LogP contribution in [-0.4, -0.2) is 80.0 Å². The first kappa shape index (κ1) is 31.2. The number of unbranched alkanes of at least 4 members (excludes halogenated alkanes) is 1. The Labute approximate surface area is 194 Å². The summed E-state index contributed by atoms with van der Waals surface area (Å²) in [5.41, 5.74) is 0.0224. The van der Waals surface area contributed by atoms with Gasteiger partial charge >= 0.3 is 17.6 Å². The lowest BCUT2D eigenvalue weighted by Crippen LogP contribution is -2.71. The van der Waals surface area contributed by atoms with Crippen LogP contribution in [0.4, 0.5) is 0 Å². The van der Waals surface area contributed by atoms with Crippen LogP contribution in [0.2, 0.25) is 0 Å². The highest BCUT2D eigenvalue weighted by Crippen LogP contribution is 2.31. The Morgan fingerprint density at radius 1 is 0.516 bits per heavy atom. The highest BCUT2D eigenvalue weighted by atomic mass is 28.4. The SMILES string of the molecule is CCCCN(C(CC)[Si](OCC)(OCC)OCC)C(CC)[Si](OCC)(OCC)OCC. The van der Waals surface area contributed by atoms with Gasteiger partial charge in [0.15, 0.2) is 0 Å². The molecule has 0 bridgehead atoms. The van der Waals surface area contributed by atoms with Crippen LogP contribution in [-0.2, 0) is 26.6 Å². The van der Waals surface area contributed by atoms with Crippen LogP contribution in [0.5, 0.6) is 0 Å². The summed E-state index contributed by atoms with van der Waals surface area (Å²) >= 11 is 0. The minimum Gasteiger partial charge on any atom is -0.373 e. The van der Waals surface area contributed by atoms with Crippen LogP contribution in [0.3, 0.4) is 0 Å². The molecule has 0 amide bonds. The maximum atomic E-state index is 6.36. The van der Waals surface area contributed by atoms with Crippen molar-refractivity contribution in [2.75, 3.05) is 46.2 Å². The van der Waals surface area contributed by atoms with Crippen LogP contribution in [0.1, 0.15) is 88.0 Å². The van der Waals surface area contributed by atoms with Crippen molar-refractivity contribution >= 4 is 17.6 Å². The van der Waals surface area contributed by atoms with Crippen molar-refractivity contribution in [3.8, 4) is 0 Å². The van der Waals surface area contributed by atoms with Crippen LogP contribution in [0.15, 0.2) is 0 Å². The van der Waals surface area contributed by atoms with Crippen molar-refractivity contribution in [3.05, 3.63) is 0 Å². The maximum Gasteiger partial charge on any atom is 0.519 e. The minimum absolute atomic E-state index is 0.0112. The summed E-state index contributed by atoms with van der Waals surface area (Å²) in [5, 5.41) is 0. The fourth-order valence-electron chi connectivity index (χ4n) is 4.28.